The summed E-state index contributed by atoms with van der Waals surface area (Å²) in [6, 6.07) is 24.1. The summed E-state index contributed by atoms with van der Waals surface area (Å²) in [6.07, 6.45) is 0. The number of hydrogen-bond donors (Lipinski definition) is 0. The summed E-state index contributed by atoms with van der Waals surface area (Å²) in [7, 11) is 1.63. The summed E-state index contributed by atoms with van der Waals surface area (Å²) in [6.45, 7) is 0. The Bertz CT molecular complexity index is 1030. The van der Waals surface area contributed by atoms with Crippen molar-refractivity contribution in [2.75, 3.05) is 7.11 Å². The minimum Gasteiger partial charge on any atom is -0.497 e. The average molecular weight is 373 g/mol. The molecule has 0 radical (unpaired) electrons. The van der Waals surface area contributed by atoms with Crippen LogP contribution in [0.2, 0.25) is 0 Å². The first-order valence-electron chi connectivity index (χ1n) is 8.81. The first kappa shape index (κ1) is 17.9. The van der Waals surface area contributed by atoms with Crippen molar-refractivity contribution in [2.24, 2.45) is 0 Å². The second-order valence-electron chi connectivity index (χ2n) is 6.37. The molecule has 0 bridgehead atoms. The van der Waals surface area contributed by atoms with Crippen LogP contribution in [0.15, 0.2) is 84.9 Å². The van der Waals surface area contributed by atoms with Crippen molar-refractivity contribution in [2.45, 2.75) is 0 Å². The predicted molar refractivity (Wildman–Crippen MR) is 107 cm³/mol. The Morgan fingerprint density at radius 3 is 1.43 bits per heavy atom. The first-order chi connectivity index (χ1) is 13.6. The second-order valence-corrected chi connectivity index (χ2v) is 6.37. The number of rotatable bonds is 4. The van der Waals surface area contributed by atoms with Gasteiger partial charge in [0.05, 0.1) is 18.5 Å². The van der Waals surface area contributed by atoms with Crippen molar-refractivity contribution in [3.05, 3.63) is 96.6 Å². The van der Waals surface area contributed by atoms with E-state index in [1.54, 1.807) is 31.4 Å². The summed E-state index contributed by atoms with van der Waals surface area (Å²) >= 11 is 0. The fourth-order valence-corrected chi connectivity index (χ4v) is 3.02. The fourth-order valence-electron chi connectivity index (χ4n) is 3.02. The summed E-state index contributed by atoms with van der Waals surface area (Å²) in [5.41, 5.74) is 4.99. The summed E-state index contributed by atoms with van der Waals surface area (Å²) in [4.78, 5) is 4.72. The number of ether oxygens (including phenoxy) is 1. The van der Waals surface area contributed by atoms with Crippen LogP contribution < -0.4 is 4.74 Å². The lowest BCUT2D eigenvalue weighted by molar-refractivity contribution is 0.415. The Morgan fingerprint density at radius 2 is 1.00 bits per heavy atom. The number of pyridine rings is 1. The van der Waals surface area contributed by atoms with Crippen LogP contribution in [0.1, 0.15) is 0 Å². The largest absolute Gasteiger partial charge is 0.497 e. The van der Waals surface area contributed by atoms with Crippen molar-refractivity contribution in [3.8, 4) is 39.4 Å². The Morgan fingerprint density at radius 1 is 0.571 bits per heavy atom. The molecule has 0 aliphatic rings. The van der Waals surface area contributed by atoms with Gasteiger partial charge >= 0.3 is 0 Å². The molecule has 0 N–H and O–H groups in total. The van der Waals surface area contributed by atoms with Gasteiger partial charge in [0, 0.05) is 11.1 Å². The summed E-state index contributed by atoms with van der Waals surface area (Å²) in [5.74, 6) is 0.179. The molecule has 0 fully saturated rings. The lowest BCUT2D eigenvalue weighted by Crippen LogP contribution is -1.92. The highest BCUT2D eigenvalue weighted by Crippen LogP contribution is 2.31. The molecule has 4 aromatic rings. The van der Waals surface area contributed by atoms with Crippen LogP contribution in [-0.4, -0.2) is 12.1 Å². The van der Waals surface area contributed by atoms with E-state index in [1.165, 1.54) is 24.3 Å². The Kier molecular flexibility index (Phi) is 4.85. The van der Waals surface area contributed by atoms with Crippen molar-refractivity contribution in [3.63, 3.8) is 0 Å². The molecule has 0 saturated heterocycles. The van der Waals surface area contributed by atoms with Crippen molar-refractivity contribution < 1.29 is 13.5 Å². The zero-order valence-corrected chi connectivity index (χ0v) is 15.2. The molecule has 0 aliphatic carbocycles. The minimum atomic E-state index is -0.297. The van der Waals surface area contributed by atoms with E-state index in [1.807, 2.05) is 36.4 Å². The number of halogens is 2. The topological polar surface area (TPSA) is 22.1 Å². The van der Waals surface area contributed by atoms with Gasteiger partial charge in [-0.15, -0.1) is 0 Å². The van der Waals surface area contributed by atoms with E-state index >= 15 is 0 Å². The van der Waals surface area contributed by atoms with E-state index in [-0.39, 0.29) is 11.6 Å². The van der Waals surface area contributed by atoms with Crippen LogP contribution in [0.25, 0.3) is 33.6 Å². The lowest BCUT2D eigenvalue weighted by Gasteiger charge is -2.11. The number of methoxy groups -OCH3 is 1. The van der Waals surface area contributed by atoms with Crippen LogP contribution in [-0.2, 0) is 0 Å². The zero-order valence-electron chi connectivity index (χ0n) is 15.2. The highest BCUT2D eigenvalue weighted by molar-refractivity contribution is 5.76. The van der Waals surface area contributed by atoms with Crippen LogP contribution >= 0.6 is 0 Å². The maximum Gasteiger partial charge on any atom is 0.123 e. The van der Waals surface area contributed by atoms with Crippen LogP contribution in [0, 0.1) is 11.6 Å². The van der Waals surface area contributed by atoms with Crippen molar-refractivity contribution in [1.82, 2.24) is 4.98 Å². The van der Waals surface area contributed by atoms with Gasteiger partial charge in [-0.25, -0.2) is 13.8 Å². The van der Waals surface area contributed by atoms with Gasteiger partial charge in [0.25, 0.3) is 0 Å². The number of aromatic nitrogens is 1. The fraction of sp³-hybridized carbons (Fsp3) is 0.0417. The smallest absolute Gasteiger partial charge is 0.123 e. The van der Waals surface area contributed by atoms with Crippen LogP contribution in [0.3, 0.4) is 0 Å². The predicted octanol–water partition coefficient (Wildman–Crippen LogP) is 6.37. The highest BCUT2D eigenvalue weighted by Gasteiger charge is 2.10. The summed E-state index contributed by atoms with van der Waals surface area (Å²) in [5, 5.41) is 0. The first-order valence-corrected chi connectivity index (χ1v) is 8.81. The van der Waals surface area contributed by atoms with Crippen LogP contribution in [0.5, 0.6) is 5.75 Å². The molecular weight excluding hydrogens is 356 g/mol. The molecule has 138 valence electrons. The molecule has 4 heteroatoms. The SMILES string of the molecule is COc1ccc(-c2cc(-c3ccc(F)cc3)nc(-c3ccc(F)cc3)c2)cc1. The van der Waals surface area contributed by atoms with E-state index in [4.69, 9.17) is 9.72 Å². The summed E-state index contributed by atoms with van der Waals surface area (Å²) < 4.78 is 31.9. The molecular formula is C24H17F2NO. The third-order valence-corrected chi connectivity index (χ3v) is 4.53. The van der Waals surface area contributed by atoms with Gasteiger partial charge in [0.2, 0.25) is 0 Å². The molecule has 0 amide bonds. The maximum atomic E-state index is 13.3. The second kappa shape index (κ2) is 7.61. The Labute approximate surface area is 162 Å². The van der Waals surface area contributed by atoms with E-state index in [9.17, 15) is 8.78 Å². The minimum absolute atomic E-state index is 0.297. The number of nitrogens with zero attached hydrogens (tertiary/aromatic N) is 1. The van der Waals surface area contributed by atoms with Gasteiger partial charge in [-0.3, -0.25) is 0 Å². The lowest BCUT2D eigenvalue weighted by atomic mass is 10.00. The van der Waals surface area contributed by atoms with Crippen LogP contribution in [0.4, 0.5) is 8.78 Å². The molecule has 0 unspecified atom stereocenters. The van der Waals surface area contributed by atoms with Gasteiger partial charge in [0.15, 0.2) is 0 Å². The molecule has 0 atom stereocenters. The quantitative estimate of drug-likeness (QED) is 0.415. The number of hydrogen-bond acceptors (Lipinski definition) is 2. The normalized spacial score (nSPS) is 10.7. The zero-order chi connectivity index (χ0) is 19.5. The van der Waals surface area contributed by atoms with Gasteiger partial charge in [-0.05, 0) is 83.9 Å². The third-order valence-electron chi connectivity index (χ3n) is 4.53. The Balaban J connectivity index is 1.86. The van der Waals surface area contributed by atoms with Crippen molar-refractivity contribution in [1.29, 1.82) is 0 Å². The van der Waals surface area contributed by atoms with Crippen molar-refractivity contribution >= 4 is 0 Å². The van der Waals surface area contributed by atoms with E-state index in [2.05, 4.69) is 0 Å². The van der Waals surface area contributed by atoms with Gasteiger partial charge in [0.1, 0.15) is 17.4 Å². The highest BCUT2D eigenvalue weighted by atomic mass is 19.1. The molecule has 28 heavy (non-hydrogen) atoms. The average Bonchev–Trinajstić information content (AvgIpc) is 2.74. The molecule has 2 nitrogen and oxygen atoms in total. The molecule has 1 aromatic heterocycles. The third kappa shape index (κ3) is 3.76. The molecule has 0 aliphatic heterocycles. The van der Waals surface area contributed by atoms with Gasteiger partial charge in [-0.1, -0.05) is 12.1 Å². The standard InChI is InChI=1S/C24H17F2NO/c1-28-22-12-6-16(7-13-22)19-14-23(17-2-8-20(25)9-3-17)27-24(15-19)18-4-10-21(26)11-5-18/h2-15H,1H3. The van der Waals surface area contributed by atoms with E-state index in [0.717, 1.165) is 28.0 Å². The monoisotopic (exact) mass is 373 g/mol. The van der Waals surface area contributed by atoms with Gasteiger partial charge in [-0.2, -0.15) is 0 Å². The van der Waals surface area contributed by atoms with E-state index in [0.29, 0.717) is 11.4 Å². The molecule has 4 rings (SSSR count). The molecule has 0 saturated carbocycles. The van der Waals surface area contributed by atoms with E-state index < -0.39 is 0 Å². The molecule has 1 heterocycles. The maximum absolute atomic E-state index is 13.3. The Hall–Kier alpha value is -3.53. The molecule has 0 spiro atoms. The number of benzene rings is 3. The molecule has 3 aromatic carbocycles. The van der Waals surface area contributed by atoms with Gasteiger partial charge < -0.3 is 4.74 Å².